The summed E-state index contributed by atoms with van der Waals surface area (Å²) in [6.45, 7) is 9.66. The Morgan fingerprint density at radius 1 is 1.21 bits per heavy atom. The van der Waals surface area contributed by atoms with E-state index in [1.54, 1.807) is 48.5 Å². The zero-order valence-electron chi connectivity index (χ0n) is 16.5. The molecule has 1 aliphatic rings. The van der Waals surface area contributed by atoms with Crippen molar-refractivity contribution in [2.75, 3.05) is 0 Å². The van der Waals surface area contributed by atoms with Crippen LogP contribution in [0.4, 0.5) is 0 Å². The molecule has 1 heterocycles. The van der Waals surface area contributed by atoms with E-state index in [0.717, 1.165) is 5.57 Å². The fourth-order valence-corrected chi connectivity index (χ4v) is 3.84. The number of aliphatic hydroxyl groups is 1. The Morgan fingerprint density at radius 3 is 2.48 bits per heavy atom. The van der Waals surface area contributed by atoms with Crippen LogP contribution in [0, 0.1) is 16.7 Å². The van der Waals surface area contributed by atoms with E-state index in [1.165, 1.54) is 0 Å². The first-order valence-electron chi connectivity index (χ1n) is 9.26. The molecule has 2 aromatic carbocycles. The lowest BCUT2D eigenvalue weighted by Crippen LogP contribution is -2.48. The number of fused-ring (bicyclic) bond motifs is 2. The molecule has 0 radical (unpaired) electrons. The van der Waals surface area contributed by atoms with Gasteiger partial charge in [0, 0.05) is 22.1 Å². The molecule has 0 fully saturated rings. The Bertz CT molecular complexity index is 1200. The van der Waals surface area contributed by atoms with Crippen molar-refractivity contribution in [1.82, 2.24) is 5.16 Å². The third-order valence-electron chi connectivity index (χ3n) is 6.07. The van der Waals surface area contributed by atoms with Crippen LogP contribution in [0.5, 0.6) is 0 Å². The number of carbonyl (C=O) groups excluding carboxylic acids is 1. The maximum absolute atomic E-state index is 13.4. The Balaban J connectivity index is 2.03. The van der Waals surface area contributed by atoms with Crippen molar-refractivity contribution in [3.8, 4) is 17.4 Å². The molecular formula is C24H20N2O3. The van der Waals surface area contributed by atoms with Crippen molar-refractivity contribution in [2.45, 2.75) is 26.4 Å². The summed E-state index contributed by atoms with van der Waals surface area (Å²) in [4.78, 5) is 13.4. The summed E-state index contributed by atoms with van der Waals surface area (Å²) in [5.74, 6) is 0.0262. The number of ketones is 1. The van der Waals surface area contributed by atoms with Crippen molar-refractivity contribution >= 4 is 5.78 Å². The Labute approximate surface area is 168 Å². The fourth-order valence-electron chi connectivity index (χ4n) is 3.84. The molecule has 1 unspecified atom stereocenters. The van der Waals surface area contributed by atoms with Crippen LogP contribution in [0.1, 0.15) is 53.5 Å². The molecule has 0 bridgehead atoms. The van der Waals surface area contributed by atoms with Gasteiger partial charge >= 0.3 is 0 Å². The Hall–Kier alpha value is -3.49. The van der Waals surface area contributed by atoms with Gasteiger partial charge < -0.3 is 9.63 Å². The van der Waals surface area contributed by atoms with Crippen molar-refractivity contribution in [3.05, 3.63) is 88.6 Å². The van der Waals surface area contributed by atoms with Gasteiger partial charge in [-0.2, -0.15) is 5.26 Å². The van der Waals surface area contributed by atoms with Crippen LogP contribution in [0.2, 0.25) is 0 Å². The normalized spacial score (nSPS) is 18.0. The highest BCUT2D eigenvalue weighted by molar-refractivity contribution is 6.15. The van der Waals surface area contributed by atoms with Gasteiger partial charge in [0.15, 0.2) is 11.5 Å². The second-order valence-electron chi connectivity index (χ2n) is 7.91. The van der Waals surface area contributed by atoms with Crippen LogP contribution < -0.4 is 0 Å². The van der Waals surface area contributed by atoms with E-state index in [-0.39, 0.29) is 22.8 Å². The summed E-state index contributed by atoms with van der Waals surface area (Å²) in [5, 5.41) is 25.3. The van der Waals surface area contributed by atoms with E-state index in [1.807, 2.05) is 20.8 Å². The van der Waals surface area contributed by atoms with Gasteiger partial charge in [-0.15, -0.1) is 0 Å². The lowest BCUT2D eigenvalue weighted by atomic mass is 9.61. The SMILES string of the molecule is C=C(C)C(C)(C)C1(O)c2ccccc2C(=O)c2c1noc2-c1ccc(C#N)cc1. The van der Waals surface area contributed by atoms with Crippen molar-refractivity contribution in [2.24, 2.45) is 5.41 Å². The number of rotatable bonds is 3. The van der Waals surface area contributed by atoms with Gasteiger partial charge in [0.25, 0.3) is 0 Å². The number of hydrogen-bond donors (Lipinski definition) is 1. The number of nitriles is 1. The number of benzene rings is 2. The van der Waals surface area contributed by atoms with Crippen LogP contribution >= 0.6 is 0 Å². The molecule has 0 saturated heterocycles. The minimum absolute atomic E-state index is 0.188. The van der Waals surface area contributed by atoms with Crippen LogP contribution in [-0.4, -0.2) is 16.0 Å². The molecule has 0 saturated carbocycles. The highest BCUT2D eigenvalue weighted by atomic mass is 16.5. The minimum atomic E-state index is -1.59. The molecule has 1 atom stereocenters. The van der Waals surface area contributed by atoms with Gasteiger partial charge in [-0.1, -0.05) is 55.4 Å². The minimum Gasteiger partial charge on any atom is -0.378 e. The van der Waals surface area contributed by atoms with Crippen molar-refractivity contribution in [3.63, 3.8) is 0 Å². The topological polar surface area (TPSA) is 87.1 Å². The number of nitrogens with zero attached hydrogens (tertiary/aromatic N) is 2. The van der Waals surface area contributed by atoms with E-state index in [9.17, 15) is 9.90 Å². The molecule has 0 spiro atoms. The van der Waals surface area contributed by atoms with Crippen molar-refractivity contribution < 1.29 is 14.4 Å². The summed E-state index contributed by atoms with van der Waals surface area (Å²) in [6.07, 6.45) is 0. The number of hydrogen-bond acceptors (Lipinski definition) is 5. The van der Waals surface area contributed by atoms with E-state index in [4.69, 9.17) is 9.78 Å². The van der Waals surface area contributed by atoms with Gasteiger partial charge in [0.05, 0.1) is 17.2 Å². The maximum Gasteiger partial charge on any atom is 0.199 e. The summed E-state index contributed by atoms with van der Waals surface area (Å²) in [5.41, 5.74) is 0.779. The molecular weight excluding hydrogens is 364 g/mol. The molecule has 0 amide bonds. The lowest BCUT2D eigenvalue weighted by molar-refractivity contribution is -0.0236. The van der Waals surface area contributed by atoms with Crippen LogP contribution in [-0.2, 0) is 5.60 Å². The average molecular weight is 384 g/mol. The van der Waals surface area contributed by atoms with E-state index >= 15 is 0 Å². The zero-order valence-corrected chi connectivity index (χ0v) is 16.5. The van der Waals surface area contributed by atoms with E-state index < -0.39 is 11.0 Å². The second-order valence-corrected chi connectivity index (χ2v) is 7.91. The first-order chi connectivity index (χ1) is 13.7. The summed E-state index contributed by atoms with van der Waals surface area (Å²) < 4.78 is 5.61. The predicted octanol–water partition coefficient (Wildman–Crippen LogP) is 4.60. The lowest BCUT2D eigenvalue weighted by Gasteiger charge is -2.45. The molecule has 5 heteroatoms. The molecule has 1 N–H and O–H groups in total. The van der Waals surface area contributed by atoms with Crippen LogP contribution in [0.15, 0.2) is 65.2 Å². The van der Waals surface area contributed by atoms with Crippen LogP contribution in [0.25, 0.3) is 11.3 Å². The second kappa shape index (κ2) is 6.26. The fraction of sp³-hybridized carbons (Fsp3) is 0.208. The van der Waals surface area contributed by atoms with Gasteiger partial charge in [-0.25, -0.2) is 0 Å². The number of aromatic nitrogens is 1. The first kappa shape index (κ1) is 18.9. The standard InChI is InChI=1S/C24H20N2O3/c1-14(2)23(3,4)24(28)18-8-6-5-7-17(18)20(27)19-21(29-26-22(19)24)16-11-9-15(13-25)10-12-16/h5-12,28H,1H2,2-4H3. The highest BCUT2D eigenvalue weighted by Crippen LogP contribution is 2.54. The quantitative estimate of drug-likeness (QED) is 0.667. The van der Waals surface area contributed by atoms with E-state index in [2.05, 4.69) is 17.8 Å². The average Bonchev–Trinajstić information content (AvgIpc) is 3.18. The smallest absolute Gasteiger partial charge is 0.199 e. The molecule has 144 valence electrons. The largest absolute Gasteiger partial charge is 0.378 e. The predicted molar refractivity (Wildman–Crippen MR) is 108 cm³/mol. The summed E-state index contributed by atoms with van der Waals surface area (Å²) >= 11 is 0. The van der Waals surface area contributed by atoms with Gasteiger partial charge in [0.1, 0.15) is 11.3 Å². The third kappa shape index (κ3) is 2.43. The van der Waals surface area contributed by atoms with Crippen LogP contribution in [0.3, 0.4) is 0 Å². The van der Waals surface area contributed by atoms with Gasteiger partial charge in [-0.3, -0.25) is 4.79 Å². The zero-order chi connectivity index (χ0) is 21.0. The highest BCUT2D eigenvalue weighted by Gasteiger charge is 2.55. The van der Waals surface area contributed by atoms with Gasteiger partial charge in [0.2, 0.25) is 0 Å². The molecule has 5 nitrogen and oxygen atoms in total. The Morgan fingerprint density at radius 2 is 1.86 bits per heavy atom. The van der Waals surface area contributed by atoms with Crippen molar-refractivity contribution in [1.29, 1.82) is 5.26 Å². The Kier molecular flexibility index (Phi) is 4.07. The first-order valence-corrected chi connectivity index (χ1v) is 9.26. The molecule has 3 aromatic rings. The molecule has 1 aliphatic carbocycles. The maximum atomic E-state index is 13.4. The summed E-state index contributed by atoms with van der Waals surface area (Å²) in [6, 6.07) is 15.8. The molecule has 29 heavy (non-hydrogen) atoms. The summed E-state index contributed by atoms with van der Waals surface area (Å²) in [7, 11) is 0. The van der Waals surface area contributed by atoms with E-state index in [0.29, 0.717) is 22.3 Å². The molecule has 0 aliphatic heterocycles. The number of carbonyl (C=O) groups is 1. The molecule has 1 aromatic heterocycles. The van der Waals surface area contributed by atoms with Gasteiger partial charge in [-0.05, 0) is 31.2 Å². The monoisotopic (exact) mass is 384 g/mol. The molecule has 4 rings (SSSR count). The third-order valence-corrected chi connectivity index (χ3v) is 6.07.